The number of rotatable bonds is 5. The minimum Gasteiger partial charge on any atom is -0.313 e. The van der Waals surface area contributed by atoms with Crippen LogP contribution in [0.5, 0.6) is 0 Å². The summed E-state index contributed by atoms with van der Waals surface area (Å²) in [6.07, 6.45) is 1.06. The zero-order chi connectivity index (χ0) is 14.5. The normalized spacial score (nSPS) is 10.8. The highest BCUT2D eigenvalue weighted by Crippen LogP contribution is 2.29. The lowest BCUT2D eigenvalue weighted by atomic mass is 9.99. The second-order valence-electron chi connectivity index (χ2n) is 4.64. The summed E-state index contributed by atoms with van der Waals surface area (Å²) in [5, 5.41) is 4.35. The second-order valence-corrected chi connectivity index (χ2v) is 5.51. The molecule has 0 aliphatic carbocycles. The Labute approximate surface area is 128 Å². The lowest BCUT2D eigenvalue weighted by Crippen LogP contribution is -2.14. The van der Waals surface area contributed by atoms with E-state index in [-0.39, 0.29) is 5.82 Å². The number of nitrogens with one attached hydrogen (secondary N) is 1. The molecule has 0 saturated heterocycles. The van der Waals surface area contributed by atoms with Crippen LogP contribution in [0.15, 0.2) is 36.4 Å². The van der Waals surface area contributed by atoms with Crippen LogP contribution in [0.2, 0.25) is 10.0 Å². The maximum atomic E-state index is 13.5. The highest BCUT2D eigenvalue weighted by molar-refractivity contribution is 6.31. The molecule has 0 bridgehead atoms. The molecule has 0 aliphatic heterocycles. The molecule has 0 atom stereocenters. The van der Waals surface area contributed by atoms with Gasteiger partial charge in [0.1, 0.15) is 5.82 Å². The van der Waals surface area contributed by atoms with Crippen LogP contribution in [0.1, 0.15) is 18.9 Å². The minimum absolute atomic E-state index is 0.347. The fourth-order valence-electron chi connectivity index (χ4n) is 2.08. The molecule has 0 heterocycles. The van der Waals surface area contributed by atoms with Crippen LogP contribution in [0, 0.1) is 5.82 Å². The topological polar surface area (TPSA) is 12.0 Å². The van der Waals surface area contributed by atoms with Crippen molar-refractivity contribution in [1.29, 1.82) is 0 Å². The van der Waals surface area contributed by atoms with Crippen molar-refractivity contribution in [1.82, 2.24) is 5.32 Å². The first-order chi connectivity index (χ1) is 9.60. The van der Waals surface area contributed by atoms with E-state index in [4.69, 9.17) is 23.2 Å². The van der Waals surface area contributed by atoms with Gasteiger partial charge in [0.05, 0.1) is 0 Å². The first-order valence-electron chi connectivity index (χ1n) is 6.55. The molecule has 0 aromatic heterocycles. The molecule has 20 heavy (non-hydrogen) atoms. The van der Waals surface area contributed by atoms with Crippen molar-refractivity contribution in [2.24, 2.45) is 0 Å². The molecule has 1 N–H and O–H groups in total. The van der Waals surface area contributed by atoms with Crippen LogP contribution in [-0.2, 0) is 6.54 Å². The van der Waals surface area contributed by atoms with Crippen molar-refractivity contribution in [2.45, 2.75) is 19.9 Å². The van der Waals surface area contributed by atoms with E-state index in [0.717, 1.165) is 29.7 Å². The van der Waals surface area contributed by atoms with Crippen LogP contribution in [-0.4, -0.2) is 6.54 Å². The third-order valence-corrected chi connectivity index (χ3v) is 3.44. The molecular formula is C16H16Cl2FN. The van der Waals surface area contributed by atoms with Gasteiger partial charge in [-0.25, -0.2) is 4.39 Å². The standard InChI is InChI=1S/C16H16Cl2FN/c1-2-5-20-10-11-3-4-13(17)9-16(11)12-6-14(18)8-15(19)7-12/h3-4,6-9,20H,2,5,10H2,1H3. The maximum absolute atomic E-state index is 13.5. The Morgan fingerprint density at radius 2 is 1.85 bits per heavy atom. The highest BCUT2D eigenvalue weighted by atomic mass is 35.5. The molecule has 0 aliphatic rings. The summed E-state index contributed by atoms with van der Waals surface area (Å²) in [7, 11) is 0. The van der Waals surface area contributed by atoms with E-state index < -0.39 is 0 Å². The predicted octanol–water partition coefficient (Wildman–Crippen LogP) is 5.30. The minimum atomic E-state index is -0.347. The van der Waals surface area contributed by atoms with Crippen LogP contribution in [0.4, 0.5) is 4.39 Å². The average Bonchev–Trinajstić information content (AvgIpc) is 2.39. The van der Waals surface area contributed by atoms with Gasteiger partial charge in [0, 0.05) is 16.6 Å². The molecule has 2 aromatic carbocycles. The molecule has 2 aromatic rings. The molecular weight excluding hydrogens is 296 g/mol. The van der Waals surface area contributed by atoms with E-state index in [9.17, 15) is 4.39 Å². The molecule has 4 heteroatoms. The third-order valence-electron chi connectivity index (χ3n) is 2.99. The highest BCUT2D eigenvalue weighted by Gasteiger charge is 2.08. The van der Waals surface area contributed by atoms with Crippen molar-refractivity contribution in [3.05, 3.63) is 57.8 Å². The van der Waals surface area contributed by atoms with Gasteiger partial charge < -0.3 is 5.32 Å². The van der Waals surface area contributed by atoms with Crippen molar-refractivity contribution >= 4 is 23.2 Å². The molecule has 0 unspecified atom stereocenters. The zero-order valence-electron chi connectivity index (χ0n) is 11.2. The van der Waals surface area contributed by atoms with Crippen molar-refractivity contribution in [3.8, 4) is 11.1 Å². The van der Waals surface area contributed by atoms with Gasteiger partial charge in [-0.2, -0.15) is 0 Å². The number of hydrogen-bond donors (Lipinski definition) is 1. The summed E-state index contributed by atoms with van der Waals surface area (Å²) in [4.78, 5) is 0. The second kappa shape index (κ2) is 7.07. The Bertz CT molecular complexity index is 579. The van der Waals surface area contributed by atoms with E-state index in [0.29, 0.717) is 16.6 Å². The summed E-state index contributed by atoms with van der Waals surface area (Å²) in [5.74, 6) is -0.347. The summed E-state index contributed by atoms with van der Waals surface area (Å²) in [5.41, 5.74) is 2.72. The fourth-order valence-corrected chi connectivity index (χ4v) is 2.47. The number of hydrogen-bond acceptors (Lipinski definition) is 1. The van der Waals surface area contributed by atoms with Gasteiger partial charge >= 0.3 is 0 Å². The van der Waals surface area contributed by atoms with Crippen LogP contribution in [0.3, 0.4) is 0 Å². The Morgan fingerprint density at radius 3 is 2.55 bits per heavy atom. The van der Waals surface area contributed by atoms with Crippen molar-refractivity contribution in [2.75, 3.05) is 6.54 Å². The Balaban J connectivity index is 2.40. The zero-order valence-corrected chi connectivity index (χ0v) is 12.7. The Kier molecular flexibility index (Phi) is 5.41. The molecule has 0 amide bonds. The lowest BCUT2D eigenvalue weighted by Gasteiger charge is -2.12. The molecule has 0 spiro atoms. The van der Waals surface area contributed by atoms with Gasteiger partial charge in [-0.3, -0.25) is 0 Å². The van der Waals surface area contributed by atoms with E-state index in [2.05, 4.69) is 12.2 Å². The molecule has 0 fully saturated rings. The molecule has 106 valence electrons. The van der Waals surface area contributed by atoms with Gasteiger partial charge in [-0.15, -0.1) is 0 Å². The van der Waals surface area contributed by atoms with Gasteiger partial charge in [0.15, 0.2) is 0 Å². The molecule has 1 nitrogen and oxygen atoms in total. The maximum Gasteiger partial charge on any atom is 0.125 e. The summed E-state index contributed by atoms with van der Waals surface area (Å²) in [6.45, 7) is 3.77. The Morgan fingerprint density at radius 1 is 1.05 bits per heavy atom. The fraction of sp³-hybridized carbons (Fsp3) is 0.250. The summed E-state index contributed by atoms with van der Waals surface area (Å²) >= 11 is 12.0. The summed E-state index contributed by atoms with van der Waals surface area (Å²) < 4.78 is 13.5. The average molecular weight is 312 g/mol. The number of halogens is 3. The van der Waals surface area contributed by atoms with Crippen molar-refractivity contribution < 1.29 is 4.39 Å². The van der Waals surface area contributed by atoms with Crippen molar-refractivity contribution in [3.63, 3.8) is 0 Å². The van der Waals surface area contributed by atoms with Gasteiger partial charge in [-0.05, 0) is 60.0 Å². The Hall–Kier alpha value is -1.09. The first kappa shape index (κ1) is 15.3. The van der Waals surface area contributed by atoms with Crippen LogP contribution >= 0.6 is 23.2 Å². The molecule has 0 saturated carbocycles. The largest absolute Gasteiger partial charge is 0.313 e. The van der Waals surface area contributed by atoms with Gasteiger partial charge in [-0.1, -0.05) is 36.2 Å². The molecule has 0 radical (unpaired) electrons. The van der Waals surface area contributed by atoms with Crippen LogP contribution < -0.4 is 5.32 Å². The summed E-state index contributed by atoms with van der Waals surface area (Å²) in [6, 6.07) is 10.2. The smallest absolute Gasteiger partial charge is 0.125 e. The molecule has 2 rings (SSSR count). The van der Waals surface area contributed by atoms with E-state index in [1.807, 2.05) is 18.2 Å². The third kappa shape index (κ3) is 3.95. The van der Waals surface area contributed by atoms with E-state index in [1.54, 1.807) is 6.07 Å². The van der Waals surface area contributed by atoms with Crippen LogP contribution in [0.25, 0.3) is 11.1 Å². The number of benzene rings is 2. The first-order valence-corrected chi connectivity index (χ1v) is 7.31. The monoisotopic (exact) mass is 311 g/mol. The SMILES string of the molecule is CCCNCc1ccc(Cl)cc1-c1cc(F)cc(Cl)c1. The van der Waals surface area contributed by atoms with E-state index in [1.165, 1.54) is 12.1 Å². The lowest BCUT2D eigenvalue weighted by molar-refractivity contribution is 0.628. The quantitative estimate of drug-likeness (QED) is 0.739. The van der Waals surface area contributed by atoms with Gasteiger partial charge in [0.2, 0.25) is 0 Å². The van der Waals surface area contributed by atoms with Gasteiger partial charge in [0.25, 0.3) is 0 Å². The predicted molar refractivity (Wildman–Crippen MR) is 83.9 cm³/mol. The van der Waals surface area contributed by atoms with E-state index >= 15 is 0 Å².